The van der Waals surface area contributed by atoms with Gasteiger partial charge in [0.15, 0.2) is 0 Å². The van der Waals surface area contributed by atoms with Crippen molar-refractivity contribution in [2.75, 3.05) is 5.73 Å². The van der Waals surface area contributed by atoms with Crippen LogP contribution in [0.15, 0.2) is 23.1 Å². The predicted molar refractivity (Wildman–Crippen MR) is 47.5 cm³/mol. The van der Waals surface area contributed by atoms with E-state index in [4.69, 9.17) is 5.73 Å². The van der Waals surface area contributed by atoms with Gasteiger partial charge in [-0.2, -0.15) is 13.2 Å². The van der Waals surface area contributed by atoms with Crippen LogP contribution < -0.4 is 5.73 Å². The molecule has 0 aromatic heterocycles. The predicted octanol–water partition coefficient (Wildman–Crippen LogP) is 3.19. The molecule has 0 saturated heterocycles. The first-order chi connectivity index (χ1) is 5.88. The molecule has 0 fully saturated rings. The molecule has 0 saturated carbocycles. The minimum atomic E-state index is -4.27. The highest BCUT2D eigenvalue weighted by Gasteiger charge is 2.29. The van der Waals surface area contributed by atoms with Crippen molar-refractivity contribution in [3.63, 3.8) is 0 Å². The van der Waals surface area contributed by atoms with E-state index in [2.05, 4.69) is 0 Å². The topological polar surface area (TPSA) is 26.0 Å². The molecule has 1 rings (SSSR count). The second-order valence-electron chi connectivity index (χ2n) is 2.59. The van der Waals surface area contributed by atoms with Gasteiger partial charge in [-0.1, -0.05) is 6.07 Å². The number of benzene rings is 1. The van der Waals surface area contributed by atoms with Gasteiger partial charge in [0, 0.05) is 10.6 Å². The van der Waals surface area contributed by atoms with Gasteiger partial charge in [-0.25, -0.2) is 0 Å². The Kier molecular flexibility index (Phi) is 2.75. The van der Waals surface area contributed by atoms with E-state index < -0.39 is 5.51 Å². The third-order valence-corrected chi connectivity index (χ3v) is 2.21. The fraction of sp³-hybridized carbons (Fsp3) is 0.250. The monoisotopic (exact) mass is 207 g/mol. The van der Waals surface area contributed by atoms with Gasteiger partial charge in [0.25, 0.3) is 0 Å². The van der Waals surface area contributed by atoms with Crippen LogP contribution in [0.3, 0.4) is 0 Å². The van der Waals surface area contributed by atoms with Gasteiger partial charge in [-0.15, -0.1) is 0 Å². The molecule has 0 bridgehead atoms. The van der Waals surface area contributed by atoms with E-state index in [0.717, 1.165) is 5.56 Å². The van der Waals surface area contributed by atoms with E-state index in [0.29, 0.717) is 0 Å². The summed E-state index contributed by atoms with van der Waals surface area (Å²) in [6.45, 7) is 1.78. The molecule has 0 aliphatic carbocycles. The number of rotatable bonds is 1. The molecule has 1 nitrogen and oxygen atoms in total. The van der Waals surface area contributed by atoms with Gasteiger partial charge < -0.3 is 5.73 Å². The van der Waals surface area contributed by atoms with Crippen molar-refractivity contribution in [3.05, 3.63) is 23.8 Å². The summed E-state index contributed by atoms with van der Waals surface area (Å²) in [5.41, 5.74) is 2.15. The minimum absolute atomic E-state index is 0.0538. The highest BCUT2D eigenvalue weighted by molar-refractivity contribution is 8.00. The van der Waals surface area contributed by atoms with Crippen molar-refractivity contribution < 1.29 is 13.2 Å². The first-order valence-corrected chi connectivity index (χ1v) is 4.32. The van der Waals surface area contributed by atoms with Gasteiger partial charge in [-0.3, -0.25) is 0 Å². The number of alkyl halides is 3. The lowest BCUT2D eigenvalue weighted by atomic mass is 10.2. The molecule has 13 heavy (non-hydrogen) atoms. The number of thioether (sulfide) groups is 1. The molecule has 5 heteroatoms. The van der Waals surface area contributed by atoms with Crippen LogP contribution in [0.2, 0.25) is 0 Å². The maximum Gasteiger partial charge on any atom is 0.446 e. The van der Waals surface area contributed by atoms with Gasteiger partial charge in [0.2, 0.25) is 0 Å². The maximum atomic E-state index is 11.9. The molecule has 0 spiro atoms. The summed E-state index contributed by atoms with van der Waals surface area (Å²) >= 11 is -0.189. The second kappa shape index (κ2) is 3.49. The Bertz CT molecular complexity index is 309. The van der Waals surface area contributed by atoms with E-state index in [9.17, 15) is 13.2 Å². The largest absolute Gasteiger partial charge is 0.446 e. The summed E-state index contributed by atoms with van der Waals surface area (Å²) in [5.74, 6) is 0. The molecule has 0 radical (unpaired) electrons. The molecule has 1 aromatic rings. The summed E-state index contributed by atoms with van der Waals surface area (Å²) in [5, 5.41) is 0. The molecule has 72 valence electrons. The standard InChI is InChI=1S/C8H8F3NS/c1-5-2-3-7(6(12)4-5)13-8(9,10)11/h2-4H,12H2,1H3. The average molecular weight is 207 g/mol. The summed E-state index contributed by atoms with van der Waals surface area (Å²) in [7, 11) is 0. The Labute approximate surface area is 78.1 Å². The van der Waals surface area contributed by atoms with Crippen molar-refractivity contribution in [2.24, 2.45) is 0 Å². The van der Waals surface area contributed by atoms with E-state index in [1.807, 2.05) is 0 Å². The first-order valence-electron chi connectivity index (χ1n) is 3.50. The fourth-order valence-corrected chi connectivity index (χ4v) is 1.45. The molecular weight excluding hydrogens is 199 g/mol. The van der Waals surface area contributed by atoms with Crippen LogP contribution in [0.1, 0.15) is 5.56 Å². The minimum Gasteiger partial charge on any atom is -0.398 e. The number of hydrogen-bond acceptors (Lipinski definition) is 2. The van der Waals surface area contributed by atoms with Gasteiger partial charge in [0.05, 0.1) is 0 Å². The molecule has 1 aromatic carbocycles. The Morgan fingerprint density at radius 2 is 1.92 bits per heavy atom. The summed E-state index contributed by atoms with van der Waals surface area (Å²) in [6.07, 6.45) is 0. The number of nitrogens with two attached hydrogens (primary N) is 1. The Morgan fingerprint density at radius 3 is 2.38 bits per heavy atom. The zero-order chi connectivity index (χ0) is 10.1. The molecular formula is C8H8F3NS. The van der Waals surface area contributed by atoms with Crippen molar-refractivity contribution in [1.29, 1.82) is 0 Å². The second-order valence-corrected chi connectivity index (χ2v) is 3.70. The maximum absolute atomic E-state index is 11.9. The number of anilines is 1. The van der Waals surface area contributed by atoms with Gasteiger partial charge in [0.1, 0.15) is 0 Å². The first kappa shape index (κ1) is 10.2. The fourth-order valence-electron chi connectivity index (χ4n) is 0.886. The van der Waals surface area contributed by atoms with Crippen molar-refractivity contribution >= 4 is 17.4 Å². The molecule has 0 heterocycles. The summed E-state index contributed by atoms with van der Waals surface area (Å²) < 4.78 is 35.8. The number of nitrogen functional groups attached to an aromatic ring is 1. The third kappa shape index (κ3) is 3.18. The van der Waals surface area contributed by atoms with Crippen molar-refractivity contribution in [1.82, 2.24) is 0 Å². The molecule has 0 atom stereocenters. The lowest BCUT2D eigenvalue weighted by molar-refractivity contribution is -0.0327. The quantitative estimate of drug-likeness (QED) is 0.565. The summed E-state index contributed by atoms with van der Waals surface area (Å²) in [4.78, 5) is 0.0538. The summed E-state index contributed by atoms with van der Waals surface area (Å²) in [6, 6.07) is 4.50. The normalized spacial score (nSPS) is 11.7. The van der Waals surface area contributed by atoms with Crippen molar-refractivity contribution in [2.45, 2.75) is 17.3 Å². The number of hydrogen-bond donors (Lipinski definition) is 1. The third-order valence-electron chi connectivity index (χ3n) is 1.39. The molecule has 0 amide bonds. The average Bonchev–Trinajstić information content (AvgIpc) is 1.93. The molecule has 0 aliphatic heterocycles. The Hall–Kier alpha value is -0.840. The number of halogens is 3. The smallest absolute Gasteiger partial charge is 0.398 e. The lowest BCUT2D eigenvalue weighted by Crippen LogP contribution is -2.01. The zero-order valence-corrected chi connectivity index (χ0v) is 7.67. The number of aryl methyl sites for hydroxylation is 1. The van der Waals surface area contributed by atoms with E-state index in [1.54, 1.807) is 13.0 Å². The van der Waals surface area contributed by atoms with Crippen LogP contribution in [-0.2, 0) is 0 Å². The van der Waals surface area contributed by atoms with Crippen LogP contribution >= 0.6 is 11.8 Å². The highest BCUT2D eigenvalue weighted by atomic mass is 32.2. The van der Waals surface area contributed by atoms with Gasteiger partial charge >= 0.3 is 5.51 Å². The van der Waals surface area contributed by atoms with Crippen LogP contribution in [-0.4, -0.2) is 5.51 Å². The van der Waals surface area contributed by atoms with E-state index >= 15 is 0 Å². The van der Waals surface area contributed by atoms with E-state index in [1.165, 1.54) is 12.1 Å². The van der Waals surface area contributed by atoms with Crippen LogP contribution in [0.25, 0.3) is 0 Å². The van der Waals surface area contributed by atoms with Crippen LogP contribution in [0.4, 0.5) is 18.9 Å². The van der Waals surface area contributed by atoms with Crippen LogP contribution in [0.5, 0.6) is 0 Å². The van der Waals surface area contributed by atoms with Gasteiger partial charge in [-0.05, 0) is 36.4 Å². The molecule has 2 N–H and O–H groups in total. The Morgan fingerprint density at radius 1 is 1.31 bits per heavy atom. The SMILES string of the molecule is Cc1ccc(SC(F)(F)F)c(N)c1. The van der Waals surface area contributed by atoms with Crippen LogP contribution in [0, 0.1) is 6.92 Å². The molecule has 0 unspecified atom stereocenters. The Balaban J connectivity index is 2.90. The lowest BCUT2D eigenvalue weighted by Gasteiger charge is -2.08. The zero-order valence-electron chi connectivity index (χ0n) is 6.85. The van der Waals surface area contributed by atoms with Crippen molar-refractivity contribution in [3.8, 4) is 0 Å². The highest BCUT2D eigenvalue weighted by Crippen LogP contribution is 2.39. The molecule has 0 aliphatic rings. The van der Waals surface area contributed by atoms with E-state index in [-0.39, 0.29) is 22.3 Å².